The molecular formula is C44H66N6O7. The Bertz CT molecular complexity index is 1760. The molecule has 0 atom stereocenters. The van der Waals surface area contributed by atoms with Crippen molar-refractivity contribution in [3.05, 3.63) is 70.8 Å². The van der Waals surface area contributed by atoms with Crippen molar-refractivity contribution >= 4 is 24.2 Å². The molecule has 314 valence electrons. The Morgan fingerprint density at radius 2 is 1.02 bits per heavy atom. The van der Waals surface area contributed by atoms with Crippen LogP contribution >= 0.6 is 0 Å². The molecule has 3 saturated carbocycles. The molecule has 0 spiro atoms. The summed E-state index contributed by atoms with van der Waals surface area (Å²) in [5.74, 6) is -0.134. The molecule has 4 amide bonds. The van der Waals surface area contributed by atoms with Crippen LogP contribution in [0.2, 0.25) is 0 Å². The minimum absolute atomic E-state index is 0.134. The fourth-order valence-corrected chi connectivity index (χ4v) is 6.96. The lowest BCUT2D eigenvalue weighted by molar-refractivity contribution is -0.133. The van der Waals surface area contributed by atoms with Crippen LogP contribution in [0.1, 0.15) is 123 Å². The minimum Gasteiger partial charge on any atom is -0.444 e. The molecule has 3 aliphatic carbocycles. The molecule has 2 aromatic carbocycles. The fraction of sp³-hybridized carbons (Fsp3) is 0.636. The summed E-state index contributed by atoms with van der Waals surface area (Å²) in [7, 11) is 1.77. The van der Waals surface area contributed by atoms with Crippen molar-refractivity contribution in [3.8, 4) is 0 Å². The highest BCUT2D eigenvalue weighted by Gasteiger charge is 2.53. The second-order valence-electron chi connectivity index (χ2n) is 19.6. The smallest absolute Gasteiger partial charge is 0.408 e. The van der Waals surface area contributed by atoms with Gasteiger partial charge in [0.2, 0.25) is 5.91 Å². The van der Waals surface area contributed by atoms with E-state index in [0.29, 0.717) is 52.1 Å². The largest absolute Gasteiger partial charge is 0.444 e. The first-order chi connectivity index (χ1) is 26.4. The second kappa shape index (κ2) is 16.9. The number of likely N-dealkylation sites (N-methyl/N-ethyl adjacent to an activating group) is 1. The average molecular weight is 791 g/mol. The van der Waals surface area contributed by atoms with Crippen LogP contribution in [0.5, 0.6) is 0 Å². The quantitative estimate of drug-likeness (QED) is 0.133. The van der Waals surface area contributed by atoms with Gasteiger partial charge in [-0.05, 0) is 123 Å². The maximum Gasteiger partial charge on any atom is 0.408 e. The van der Waals surface area contributed by atoms with E-state index in [4.69, 9.17) is 14.2 Å². The highest BCUT2D eigenvalue weighted by molar-refractivity contribution is 5.92. The molecule has 0 aliphatic heterocycles. The minimum atomic E-state index is -0.925. The van der Waals surface area contributed by atoms with Gasteiger partial charge in [0, 0.05) is 46.3 Å². The van der Waals surface area contributed by atoms with Gasteiger partial charge in [0.05, 0.1) is 11.1 Å². The van der Waals surface area contributed by atoms with E-state index in [1.54, 1.807) is 32.7 Å². The van der Waals surface area contributed by atoms with Gasteiger partial charge in [-0.25, -0.2) is 14.4 Å². The Balaban J connectivity index is 1.24. The van der Waals surface area contributed by atoms with Gasteiger partial charge in [-0.15, -0.1) is 0 Å². The third-order valence-electron chi connectivity index (χ3n) is 10.0. The van der Waals surface area contributed by atoms with Crippen molar-refractivity contribution in [2.24, 2.45) is 0 Å². The summed E-state index contributed by atoms with van der Waals surface area (Å²) in [6, 6.07) is 16.7. The summed E-state index contributed by atoms with van der Waals surface area (Å²) in [5, 5.41) is 12.6. The van der Waals surface area contributed by atoms with Crippen molar-refractivity contribution in [1.82, 2.24) is 31.1 Å². The van der Waals surface area contributed by atoms with E-state index >= 15 is 0 Å². The van der Waals surface area contributed by atoms with Crippen LogP contribution < -0.4 is 21.3 Å². The summed E-state index contributed by atoms with van der Waals surface area (Å²) < 4.78 is 16.5. The van der Waals surface area contributed by atoms with Crippen molar-refractivity contribution in [1.29, 1.82) is 0 Å². The molecule has 0 radical (unpaired) electrons. The third kappa shape index (κ3) is 14.2. The zero-order valence-electron chi connectivity index (χ0n) is 35.9. The lowest BCUT2D eigenvalue weighted by atomic mass is 10.1. The van der Waals surface area contributed by atoms with E-state index in [1.165, 1.54) is 0 Å². The molecular weight excluding hydrogens is 725 g/mol. The Morgan fingerprint density at radius 1 is 0.596 bits per heavy atom. The van der Waals surface area contributed by atoms with E-state index in [9.17, 15) is 19.2 Å². The van der Waals surface area contributed by atoms with Crippen molar-refractivity contribution in [3.63, 3.8) is 0 Å². The first-order valence-corrected chi connectivity index (χ1v) is 20.3. The SMILES string of the molecule is CN(Cc1cccc(CN(Cc2cccc(CNCC3(NC(=O)OC(C)(C)C)CC3)c2)CC2(NC(=O)OC(C)(C)C)CC2)c1)C(=O)C1(NC(=O)OC(C)(C)C)CC1. The van der Waals surface area contributed by atoms with Crippen molar-refractivity contribution in [2.75, 3.05) is 20.1 Å². The van der Waals surface area contributed by atoms with Crippen LogP contribution in [0.25, 0.3) is 0 Å². The molecule has 13 nitrogen and oxygen atoms in total. The Labute approximate surface area is 339 Å². The summed E-state index contributed by atoms with van der Waals surface area (Å²) >= 11 is 0. The fourth-order valence-electron chi connectivity index (χ4n) is 6.96. The van der Waals surface area contributed by atoms with Crippen molar-refractivity contribution < 1.29 is 33.4 Å². The molecule has 3 fully saturated rings. The highest BCUT2D eigenvalue weighted by Crippen LogP contribution is 2.39. The Kier molecular flexibility index (Phi) is 12.9. The van der Waals surface area contributed by atoms with E-state index in [0.717, 1.165) is 47.9 Å². The maximum absolute atomic E-state index is 13.5. The number of nitrogens with one attached hydrogen (secondary N) is 4. The van der Waals surface area contributed by atoms with Gasteiger partial charge >= 0.3 is 18.3 Å². The Morgan fingerprint density at radius 3 is 1.47 bits per heavy atom. The van der Waals surface area contributed by atoms with Gasteiger partial charge in [0.25, 0.3) is 0 Å². The molecule has 0 heterocycles. The third-order valence-corrected chi connectivity index (χ3v) is 10.0. The molecule has 2 aromatic rings. The number of ether oxygens (including phenoxy) is 3. The molecule has 57 heavy (non-hydrogen) atoms. The lowest BCUT2D eigenvalue weighted by Crippen LogP contribution is -2.50. The number of amides is 4. The second-order valence-corrected chi connectivity index (χ2v) is 19.6. The van der Waals surface area contributed by atoms with E-state index < -0.39 is 34.5 Å². The van der Waals surface area contributed by atoms with Gasteiger partial charge in [0.15, 0.2) is 0 Å². The van der Waals surface area contributed by atoms with Gasteiger partial charge in [-0.2, -0.15) is 0 Å². The lowest BCUT2D eigenvalue weighted by Gasteiger charge is -2.30. The maximum atomic E-state index is 13.5. The highest BCUT2D eigenvalue weighted by atomic mass is 16.6. The molecule has 3 aliphatic rings. The van der Waals surface area contributed by atoms with Crippen LogP contribution in [0.3, 0.4) is 0 Å². The zero-order chi connectivity index (χ0) is 41.9. The average Bonchev–Trinajstić information content (AvgIpc) is 3.97. The first kappa shape index (κ1) is 43.8. The molecule has 0 aromatic heterocycles. The topological polar surface area (TPSA) is 151 Å². The van der Waals surface area contributed by atoms with E-state index in [-0.39, 0.29) is 23.1 Å². The van der Waals surface area contributed by atoms with Crippen LogP contribution in [0.15, 0.2) is 48.5 Å². The number of carbonyl (C=O) groups excluding carboxylic acids is 4. The number of hydrogen-bond acceptors (Lipinski definition) is 9. The van der Waals surface area contributed by atoms with E-state index in [2.05, 4.69) is 62.6 Å². The number of carbonyl (C=O) groups is 4. The summed E-state index contributed by atoms with van der Waals surface area (Å²) in [6.07, 6.45) is 3.31. The number of benzene rings is 2. The van der Waals surface area contributed by atoms with Crippen LogP contribution in [0.4, 0.5) is 14.4 Å². The zero-order valence-corrected chi connectivity index (χ0v) is 35.9. The predicted octanol–water partition coefficient (Wildman–Crippen LogP) is 6.91. The molecule has 0 saturated heterocycles. The summed E-state index contributed by atoms with van der Waals surface area (Å²) in [5.41, 5.74) is 0.959. The molecule has 4 N–H and O–H groups in total. The monoisotopic (exact) mass is 790 g/mol. The standard InChI is InChI=1S/C44H66N6O7/c1-39(2,3)55-36(52)46-42(17-18-42)29-45-25-31-13-11-15-33(23-31)27-50(30-43(19-20-43)47-37(53)56-40(4,5)6)28-34-16-12-14-32(24-34)26-49(10)35(51)44(21-22-44)48-38(54)57-41(7,8)9/h11-16,23-24,45H,17-22,25-30H2,1-10H3,(H,46,52)(H,47,53)(H,48,54). The van der Waals surface area contributed by atoms with Crippen LogP contribution in [0, 0.1) is 0 Å². The predicted molar refractivity (Wildman–Crippen MR) is 219 cm³/mol. The molecule has 5 rings (SSSR count). The van der Waals surface area contributed by atoms with Gasteiger partial charge in [0.1, 0.15) is 22.3 Å². The summed E-state index contributed by atoms with van der Waals surface area (Å²) in [4.78, 5) is 55.4. The molecule has 13 heteroatoms. The van der Waals surface area contributed by atoms with E-state index in [1.807, 2.05) is 53.7 Å². The molecule has 0 unspecified atom stereocenters. The van der Waals surface area contributed by atoms with Crippen LogP contribution in [-0.2, 0) is 45.2 Å². The number of rotatable bonds is 16. The Hall–Kier alpha value is -4.36. The van der Waals surface area contributed by atoms with Gasteiger partial charge in [-0.1, -0.05) is 48.5 Å². The number of alkyl carbamates (subject to hydrolysis) is 3. The van der Waals surface area contributed by atoms with Gasteiger partial charge in [-0.3, -0.25) is 9.69 Å². The summed E-state index contributed by atoms with van der Waals surface area (Å²) in [6.45, 7) is 20.2. The number of hydrogen-bond donors (Lipinski definition) is 4. The van der Waals surface area contributed by atoms with Crippen molar-refractivity contribution in [2.45, 2.75) is 160 Å². The number of nitrogens with zero attached hydrogens (tertiary/aromatic N) is 2. The normalized spacial score (nSPS) is 17.5. The van der Waals surface area contributed by atoms with Crippen LogP contribution in [-0.4, -0.2) is 87.5 Å². The van der Waals surface area contributed by atoms with Gasteiger partial charge < -0.3 is 40.4 Å². The molecule has 0 bridgehead atoms. The first-order valence-electron chi connectivity index (χ1n) is 20.3.